The van der Waals surface area contributed by atoms with Crippen LogP contribution in [0.15, 0.2) is 60.7 Å². The summed E-state index contributed by atoms with van der Waals surface area (Å²) >= 11 is 0. The Labute approximate surface area is 138 Å². The van der Waals surface area contributed by atoms with E-state index in [9.17, 15) is 5.11 Å². The van der Waals surface area contributed by atoms with Crippen molar-refractivity contribution < 1.29 is 5.11 Å². The lowest BCUT2D eigenvalue weighted by molar-refractivity contribution is 0.0851. The minimum atomic E-state index is -0.500. The Kier molecular flexibility index (Phi) is 5.44. The minimum Gasteiger partial charge on any atom is -0.390 e. The van der Waals surface area contributed by atoms with Gasteiger partial charge >= 0.3 is 0 Å². The van der Waals surface area contributed by atoms with Gasteiger partial charge in [-0.2, -0.15) is 0 Å². The molecule has 2 aromatic rings. The smallest absolute Gasteiger partial charge is 0.0821 e. The molecule has 3 heteroatoms. The number of aliphatic hydroxyl groups is 1. The highest BCUT2D eigenvalue weighted by Crippen LogP contribution is 2.31. The summed E-state index contributed by atoms with van der Waals surface area (Å²) in [6.07, 6.45) is 2.55. The second-order valence-electron chi connectivity index (χ2n) is 6.48. The summed E-state index contributed by atoms with van der Waals surface area (Å²) in [5.74, 6) is 0. The molecule has 122 valence electrons. The molecule has 0 spiro atoms. The molecule has 1 aliphatic heterocycles. The Morgan fingerprint density at radius 3 is 2.39 bits per heavy atom. The second kappa shape index (κ2) is 7.73. The van der Waals surface area contributed by atoms with Crippen LogP contribution in [0.25, 0.3) is 0 Å². The van der Waals surface area contributed by atoms with E-state index in [1.54, 1.807) is 0 Å². The van der Waals surface area contributed by atoms with Crippen molar-refractivity contribution in [2.24, 2.45) is 5.73 Å². The fraction of sp³-hybridized carbons (Fsp3) is 0.400. The number of nitrogens with zero attached hydrogens (tertiary/aromatic N) is 1. The number of hydrogen-bond donors (Lipinski definition) is 2. The van der Waals surface area contributed by atoms with Crippen molar-refractivity contribution in [3.63, 3.8) is 0 Å². The van der Waals surface area contributed by atoms with Crippen LogP contribution in [0.5, 0.6) is 0 Å². The summed E-state index contributed by atoms with van der Waals surface area (Å²) in [5.41, 5.74) is 8.76. The summed E-state index contributed by atoms with van der Waals surface area (Å²) in [6, 6.07) is 20.9. The lowest BCUT2D eigenvalue weighted by atomic mass is 10.0. The van der Waals surface area contributed by atoms with Crippen molar-refractivity contribution in [2.45, 2.75) is 37.5 Å². The molecule has 0 radical (unpaired) electrons. The van der Waals surface area contributed by atoms with Gasteiger partial charge in [0, 0.05) is 18.6 Å². The molecule has 1 aliphatic rings. The van der Waals surface area contributed by atoms with Crippen molar-refractivity contribution in [1.82, 2.24) is 4.90 Å². The first kappa shape index (κ1) is 16.2. The SMILES string of the molecule is N[C@H](Cc1ccccc1)[C@@H](O)CN1CCC[C@@H]1c1ccccc1. The van der Waals surface area contributed by atoms with Gasteiger partial charge in [0.1, 0.15) is 0 Å². The van der Waals surface area contributed by atoms with Gasteiger partial charge in [0.25, 0.3) is 0 Å². The summed E-state index contributed by atoms with van der Waals surface area (Å²) in [4.78, 5) is 2.38. The van der Waals surface area contributed by atoms with Gasteiger partial charge in [-0.05, 0) is 36.9 Å². The molecule has 0 aromatic heterocycles. The number of rotatable bonds is 6. The molecule has 3 rings (SSSR count). The summed E-state index contributed by atoms with van der Waals surface area (Å²) < 4.78 is 0. The van der Waals surface area contributed by atoms with E-state index in [2.05, 4.69) is 41.3 Å². The van der Waals surface area contributed by atoms with Crippen molar-refractivity contribution in [1.29, 1.82) is 0 Å². The number of nitrogens with two attached hydrogens (primary N) is 1. The Morgan fingerprint density at radius 2 is 1.70 bits per heavy atom. The molecule has 23 heavy (non-hydrogen) atoms. The zero-order valence-corrected chi connectivity index (χ0v) is 13.5. The lowest BCUT2D eigenvalue weighted by Crippen LogP contribution is -2.44. The average molecular weight is 310 g/mol. The molecule has 0 bridgehead atoms. The van der Waals surface area contributed by atoms with Crippen LogP contribution in [0.4, 0.5) is 0 Å². The molecule has 1 heterocycles. The minimum absolute atomic E-state index is 0.227. The molecule has 0 unspecified atom stereocenters. The van der Waals surface area contributed by atoms with Gasteiger partial charge in [-0.3, -0.25) is 4.90 Å². The Hall–Kier alpha value is -1.68. The summed E-state index contributed by atoms with van der Waals surface area (Å²) in [7, 11) is 0. The quantitative estimate of drug-likeness (QED) is 0.862. The van der Waals surface area contributed by atoms with Gasteiger partial charge in [-0.25, -0.2) is 0 Å². The van der Waals surface area contributed by atoms with E-state index in [-0.39, 0.29) is 6.04 Å². The van der Waals surface area contributed by atoms with Crippen LogP contribution in [0.3, 0.4) is 0 Å². The standard InChI is InChI=1S/C20H26N2O/c21-18(14-16-8-3-1-4-9-16)20(23)15-22-13-7-12-19(22)17-10-5-2-6-11-17/h1-6,8-11,18-20,23H,7,12-15,21H2/t18-,19-,20+/m1/s1. The number of aliphatic hydroxyl groups excluding tert-OH is 1. The van der Waals surface area contributed by atoms with Crippen molar-refractivity contribution in [3.05, 3.63) is 71.8 Å². The van der Waals surface area contributed by atoms with Crippen LogP contribution in [0.1, 0.15) is 30.0 Å². The lowest BCUT2D eigenvalue weighted by Gasteiger charge is -2.29. The van der Waals surface area contributed by atoms with E-state index in [1.165, 1.54) is 17.5 Å². The largest absolute Gasteiger partial charge is 0.390 e. The topological polar surface area (TPSA) is 49.5 Å². The van der Waals surface area contributed by atoms with Crippen LogP contribution in [0.2, 0.25) is 0 Å². The number of hydrogen-bond acceptors (Lipinski definition) is 3. The predicted molar refractivity (Wildman–Crippen MR) is 94.1 cm³/mol. The van der Waals surface area contributed by atoms with E-state index >= 15 is 0 Å². The highest BCUT2D eigenvalue weighted by molar-refractivity contribution is 5.20. The first-order chi connectivity index (χ1) is 11.2. The Morgan fingerprint density at radius 1 is 1.04 bits per heavy atom. The first-order valence-electron chi connectivity index (χ1n) is 8.50. The van der Waals surface area contributed by atoms with Crippen molar-refractivity contribution in [3.8, 4) is 0 Å². The van der Waals surface area contributed by atoms with Gasteiger partial charge in [-0.1, -0.05) is 60.7 Å². The average Bonchev–Trinajstić information content (AvgIpc) is 3.04. The fourth-order valence-electron chi connectivity index (χ4n) is 3.50. The van der Waals surface area contributed by atoms with Crippen LogP contribution in [-0.4, -0.2) is 35.2 Å². The molecule has 0 saturated carbocycles. The molecule has 0 amide bonds. The number of likely N-dealkylation sites (tertiary alicyclic amines) is 1. The van der Waals surface area contributed by atoms with Crippen LogP contribution in [-0.2, 0) is 6.42 Å². The summed E-state index contributed by atoms with van der Waals surface area (Å²) in [5, 5.41) is 10.5. The van der Waals surface area contributed by atoms with Gasteiger partial charge in [-0.15, -0.1) is 0 Å². The van der Waals surface area contributed by atoms with Gasteiger partial charge in [0.15, 0.2) is 0 Å². The van der Waals surface area contributed by atoms with E-state index in [4.69, 9.17) is 5.73 Å². The maximum absolute atomic E-state index is 10.5. The van der Waals surface area contributed by atoms with Gasteiger partial charge in [0.05, 0.1) is 6.10 Å². The highest BCUT2D eigenvalue weighted by atomic mass is 16.3. The monoisotopic (exact) mass is 310 g/mol. The van der Waals surface area contributed by atoms with Crippen LogP contribution in [0, 0.1) is 0 Å². The van der Waals surface area contributed by atoms with Gasteiger partial charge < -0.3 is 10.8 Å². The molecule has 1 saturated heterocycles. The fourth-order valence-corrected chi connectivity index (χ4v) is 3.50. The van der Waals surface area contributed by atoms with Crippen molar-refractivity contribution in [2.75, 3.05) is 13.1 Å². The first-order valence-corrected chi connectivity index (χ1v) is 8.50. The molecular weight excluding hydrogens is 284 g/mol. The molecule has 1 fully saturated rings. The number of benzene rings is 2. The molecule has 0 aliphatic carbocycles. The normalized spacial score (nSPS) is 21.2. The van der Waals surface area contributed by atoms with Crippen LogP contribution >= 0.6 is 0 Å². The second-order valence-corrected chi connectivity index (χ2v) is 6.48. The highest BCUT2D eigenvalue weighted by Gasteiger charge is 2.29. The van der Waals surface area contributed by atoms with E-state index in [0.29, 0.717) is 19.0 Å². The zero-order valence-electron chi connectivity index (χ0n) is 13.5. The Balaban J connectivity index is 1.59. The van der Waals surface area contributed by atoms with E-state index in [0.717, 1.165) is 13.0 Å². The third-order valence-corrected chi connectivity index (χ3v) is 4.78. The third kappa shape index (κ3) is 4.20. The van der Waals surface area contributed by atoms with Crippen LogP contribution < -0.4 is 5.73 Å². The maximum atomic E-state index is 10.5. The number of β-amino-alcohol motifs (C(OH)–C–C–N with tert-alkyl or cyclic N) is 1. The Bertz CT molecular complexity index is 587. The van der Waals surface area contributed by atoms with E-state index < -0.39 is 6.10 Å². The van der Waals surface area contributed by atoms with Crippen molar-refractivity contribution >= 4 is 0 Å². The molecule has 3 N–H and O–H groups in total. The predicted octanol–water partition coefficient (Wildman–Crippen LogP) is 2.75. The molecule has 3 nitrogen and oxygen atoms in total. The maximum Gasteiger partial charge on any atom is 0.0821 e. The third-order valence-electron chi connectivity index (χ3n) is 4.78. The molecular formula is C20H26N2O. The van der Waals surface area contributed by atoms with E-state index in [1.807, 2.05) is 24.3 Å². The zero-order chi connectivity index (χ0) is 16.1. The van der Waals surface area contributed by atoms with Gasteiger partial charge in [0.2, 0.25) is 0 Å². The molecule has 3 atom stereocenters. The molecule has 2 aromatic carbocycles. The summed E-state index contributed by atoms with van der Waals surface area (Å²) in [6.45, 7) is 1.68.